The van der Waals surface area contributed by atoms with Crippen molar-refractivity contribution in [2.45, 2.75) is 24.3 Å². The first-order valence-electron chi connectivity index (χ1n) is 5.07. The van der Waals surface area contributed by atoms with Crippen LogP contribution in [0, 0.1) is 0 Å². The molecule has 0 heterocycles. The van der Waals surface area contributed by atoms with Gasteiger partial charge in [0.05, 0.1) is 10.5 Å². The van der Waals surface area contributed by atoms with Gasteiger partial charge >= 0.3 is 0 Å². The Bertz CT molecular complexity index is 468. The molecule has 0 bridgehead atoms. The molecule has 0 aliphatic carbocycles. The third-order valence-electron chi connectivity index (χ3n) is 2.36. The molecule has 0 fully saturated rings. The molecular weight excluding hydrogens is 306 g/mol. The number of nitrogens with one attached hydrogen (secondary N) is 1. The van der Waals surface area contributed by atoms with Crippen molar-refractivity contribution < 1.29 is 13.2 Å². The Morgan fingerprint density at radius 3 is 2.29 bits per heavy atom. The van der Waals surface area contributed by atoms with Gasteiger partial charge in [0, 0.05) is 18.1 Å². The normalized spacial score (nSPS) is 12.7. The maximum atomic E-state index is 11.9. The van der Waals surface area contributed by atoms with Crippen molar-refractivity contribution in [2.75, 3.05) is 13.7 Å². The second-order valence-electron chi connectivity index (χ2n) is 4.24. The number of halogens is 1. The van der Waals surface area contributed by atoms with Crippen molar-refractivity contribution in [3.8, 4) is 0 Å². The zero-order valence-corrected chi connectivity index (χ0v) is 12.4. The van der Waals surface area contributed by atoms with Gasteiger partial charge in [-0.05, 0) is 38.1 Å². The molecule has 1 N–H and O–H groups in total. The van der Waals surface area contributed by atoms with Crippen LogP contribution in [0.5, 0.6) is 0 Å². The van der Waals surface area contributed by atoms with Crippen LogP contribution in [0.3, 0.4) is 0 Å². The maximum absolute atomic E-state index is 11.9. The summed E-state index contributed by atoms with van der Waals surface area (Å²) >= 11 is 3.26. The summed E-state index contributed by atoms with van der Waals surface area (Å²) in [4.78, 5) is 0.243. The molecule has 1 aromatic carbocycles. The topological polar surface area (TPSA) is 55.4 Å². The highest BCUT2D eigenvalue weighted by atomic mass is 79.9. The fraction of sp³-hybridized carbons (Fsp3) is 0.455. The third kappa shape index (κ3) is 4.39. The summed E-state index contributed by atoms with van der Waals surface area (Å²) in [6.07, 6.45) is 0. The molecule has 17 heavy (non-hydrogen) atoms. The summed E-state index contributed by atoms with van der Waals surface area (Å²) in [5.74, 6) is 0. The van der Waals surface area contributed by atoms with E-state index in [2.05, 4.69) is 20.7 Å². The lowest BCUT2D eigenvalue weighted by Crippen LogP contribution is -2.39. The first-order valence-corrected chi connectivity index (χ1v) is 7.35. The molecule has 1 rings (SSSR count). The Balaban J connectivity index is 2.79. The van der Waals surface area contributed by atoms with Crippen LogP contribution in [0.2, 0.25) is 0 Å². The quantitative estimate of drug-likeness (QED) is 0.904. The molecule has 0 unspecified atom stereocenters. The van der Waals surface area contributed by atoms with Crippen molar-refractivity contribution in [3.05, 3.63) is 28.7 Å². The van der Waals surface area contributed by atoms with Crippen molar-refractivity contribution in [3.63, 3.8) is 0 Å². The predicted molar refractivity (Wildman–Crippen MR) is 70.4 cm³/mol. The lowest BCUT2D eigenvalue weighted by atomic mass is 10.1. The molecule has 0 saturated carbocycles. The van der Waals surface area contributed by atoms with E-state index < -0.39 is 15.6 Å². The number of benzene rings is 1. The van der Waals surface area contributed by atoms with Crippen LogP contribution in [0.15, 0.2) is 33.6 Å². The van der Waals surface area contributed by atoms with Gasteiger partial charge in [0.25, 0.3) is 0 Å². The molecule has 6 heteroatoms. The number of hydrogen-bond acceptors (Lipinski definition) is 3. The molecule has 0 radical (unpaired) electrons. The zero-order chi connectivity index (χ0) is 13.1. The van der Waals surface area contributed by atoms with E-state index in [9.17, 15) is 8.42 Å². The van der Waals surface area contributed by atoms with Gasteiger partial charge in [-0.3, -0.25) is 0 Å². The van der Waals surface area contributed by atoms with E-state index in [1.165, 1.54) is 0 Å². The Labute approximate surface area is 111 Å². The molecule has 0 aliphatic heterocycles. The van der Waals surface area contributed by atoms with E-state index in [0.29, 0.717) is 0 Å². The summed E-state index contributed by atoms with van der Waals surface area (Å²) in [5.41, 5.74) is -0.525. The minimum atomic E-state index is -3.47. The fourth-order valence-electron chi connectivity index (χ4n) is 1.04. The molecule has 0 amide bonds. The van der Waals surface area contributed by atoms with E-state index in [4.69, 9.17) is 4.74 Å². The van der Waals surface area contributed by atoms with Gasteiger partial charge < -0.3 is 4.74 Å². The SMILES string of the molecule is COC(C)(C)CNS(=O)(=O)c1ccc(Br)cc1. The van der Waals surface area contributed by atoms with Gasteiger partial charge in [-0.2, -0.15) is 0 Å². The minimum Gasteiger partial charge on any atom is -0.377 e. The molecule has 1 aromatic rings. The maximum Gasteiger partial charge on any atom is 0.240 e. The van der Waals surface area contributed by atoms with Crippen LogP contribution in [0.25, 0.3) is 0 Å². The Kier molecular flexibility index (Phi) is 4.71. The summed E-state index contributed by atoms with van der Waals surface area (Å²) in [5, 5.41) is 0. The molecule has 0 atom stereocenters. The van der Waals surface area contributed by atoms with E-state index in [0.717, 1.165) is 4.47 Å². The van der Waals surface area contributed by atoms with E-state index in [1.54, 1.807) is 31.4 Å². The van der Waals surface area contributed by atoms with Gasteiger partial charge in [0.1, 0.15) is 0 Å². The van der Waals surface area contributed by atoms with Crippen LogP contribution in [-0.2, 0) is 14.8 Å². The first-order chi connectivity index (χ1) is 7.77. The first kappa shape index (κ1) is 14.6. The molecule has 0 aliphatic rings. The number of sulfonamides is 1. The van der Waals surface area contributed by atoms with Gasteiger partial charge in [0.2, 0.25) is 10.0 Å². The monoisotopic (exact) mass is 321 g/mol. The second-order valence-corrected chi connectivity index (χ2v) is 6.92. The Morgan fingerprint density at radius 1 is 1.29 bits per heavy atom. The third-order valence-corrected chi connectivity index (χ3v) is 4.31. The lowest BCUT2D eigenvalue weighted by Gasteiger charge is -2.23. The van der Waals surface area contributed by atoms with Gasteiger partial charge in [0.15, 0.2) is 0 Å². The molecule has 4 nitrogen and oxygen atoms in total. The summed E-state index contributed by atoms with van der Waals surface area (Å²) in [6, 6.07) is 6.48. The average Bonchev–Trinajstić information content (AvgIpc) is 2.27. The number of ether oxygens (including phenoxy) is 1. The number of hydrogen-bond donors (Lipinski definition) is 1. The van der Waals surface area contributed by atoms with Crippen LogP contribution in [0.1, 0.15) is 13.8 Å². The molecule has 0 aromatic heterocycles. The molecular formula is C11H16BrNO3S. The van der Waals surface area contributed by atoms with Crippen LogP contribution in [0.4, 0.5) is 0 Å². The van der Waals surface area contributed by atoms with Crippen molar-refractivity contribution in [1.82, 2.24) is 4.72 Å². The molecule has 96 valence electrons. The van der Waals surface area contributed by atoms with Crippen molar-refractivity contribution in [2.24, 2.45) is 0 Å². The largest absolute Gasteiger partial charge is 0.377 e. The van der Waals surface area contributed by atoms with Crippen molar-refractivity contribution in [1.29, 1.82) is 0 Å². The number of rotatable bonds is 5. The van der Waals surface area contributed by atoms with Gasteiger partial charge in [-0.15, -0.1) is 0 Å². The standard InChI is InChI=1S/C11H16BrNO3S/c1-11(2,16-3)8-13-17(14,15)10-6-4-9(12)5-7-10/h4-7,13H,8H2,1-3H3. The number of methoxy groups -OCH3 is 1. The predicted octanol–water partition coefficient (Wildman–Crippen LogP) is 2.15. The van der Waals surface area contributed by atoms with Gasteiger partial charge in [-0.1, -0.05) is 15.9 Å². The highest BCUT2D eigenvalue weighted by Crippen LogP contribution is 2.15. The summed E-state index contributed by atoms with van der Waals surface area (Å²) < 4.78 is 32.4. The highest BCUT2D eigenvalue weighted by Gasteiger charge is 2.21. The Morgan fingerprint density at radius 2 is 1.82 bits per heavy atom. The smallest absolute Gasteiger partial charge is 0.240 e. The van der Waals surface area contributed by atoms with E-state index in [-0.39, 0.29) is 11.4 Å². The molecule has 0 spiro atoms. The lowest BCUT2D eigenvalue weighted by molar-refractivity contribution is 0.0276. The van der Waals surface area contributed by atoms with Crippen LogP contribution in [-0.4, -0.2) is 27.7 Å². The second kappa shape index (κ2) is 5.48. The van der Waals surface area contributed by atoms with Crippen molar-refractivity contribution >= 4 is 26.0 Å². The van der Waals surface area contributed by atoms with E-state index in [1.807, 2.05) is 13.8 Å². The van der Waals surface area contributed by atoms with Crippen LogP contribution < -0.4 is 4.72 Å². The minimum absolute atomic E-state index is 0.224. The fourth-order valence-corrected chi connectivity index (χ4v) is 2.50. The Hall–Kier alpha value is -0.430. The zero-order valence-electron chi connectivity index (χ0n) is 10.0. The highest BCUT2D eigenvalue weighted by molar-refractivity contribution is 9.10. The van der Waals surface area contributed by atoms with Gasteiger partial charge in [-0.25, -0.2) is 13.1 Å². The van der Waals surface area contributed by atoms with Crippen LogP contribution >= 0.6 is 15.9 Å². The summed E-state index contributed by atoms with van der Waals surface area (Å²) in [7, 11) is -1.92. The van der Waals surface area contributed by atoms with E-state index >= 15 is 0 Å². The molecule has 0 saturated heterocycles. The summed E-state index contributed by atoms with van der Waals surface area (Å²) in [6.45, 7) is 3.86. The average molecular weight is 322 g/mol.